The van der Waals surface area contributed by atoms with Gasteiger partial charge in [-0.15, -0.1) is 0 Å². The molecule has 3 N–H and O–H groups in total. The van der Waals surface area contributed by atoms with E-state index in [1.807, 2.05) is 24.3 Å². The maximum Gasteiger partial charge on any atom is 0.401 e. The van der Waals surface area contributed by atoms with Crippen molar-refractivity contribution in [3.8, 4) is 22.6 Å². The van der Waals surface area contributed by atoms with Crippen molar-refractivity contribution in [2.45, 2.75) is 51.7 Å². The molecule has 0 unspecified atom stereocenters. The smallest absolute Gasteiger partial charge is 0.401 e. The van der Waals surface area contributed by atoms with E-state index in [0.717, 1.165) is 64.2 Å². The number of likely N-dealkylation sites (tertiary alicyclic amines) is 1. The molecule has 2 saturated heterocycles. The number of carbonyl (C=O) groups excluding carboxylic acids is 1. The molecule has 0 spiro atoms. The highest BCUT2D eigenvalue weighted by Crippen LogP contribution is 2.44. The minimum atomic E-state index is -4.21. The van der Waals surface area contributed by atoms with E-state index < -0.39 is 30.4 Å². The fraction of sp³-hybridized carbons (Fsp3) is 0.415. The summed E-state index contributed by atoms with van der Waals surface area (Å²) in [5.41, 5.74) is 10.1. The number of anilines is 1. The number of nitrogens with zero attached hydrogens (tertiary/aromatic N) is 3. The molecule has 13 heteroatoms. The molecule has 4 aromatic carbocycles. The first kappa shape index (κ1) is 40.3. The maximum absolute atomic E-state index is 13.9. The third-order valence-electron chi connectivity index (χ3n) is 10.0. The van der Waals surface area contributed by atoms with Gasteiger partial charge in [-0.3, -0.25) is 19.4 Å². The van der Waals surface area contributed by atoms with Crippen LogP contribution in [0.2, 0.25) is 0 Å². The SMILES string of the molecule is COc1ccc(CN2CCCCC2)c(OC)c1-c1cccc2c(CCC(=O)O)cccc12.Cc1cc(N2CCN(CC(F)(F)F)CC2)cc(F)c1C(N)=O. The first-order valence-electron chi connectivity index (χ1n) is 18.1. The van der Waals surface area contributed by atoms with Gasteiger partial charge in [-0.2, -0.15) is 13.2 Å². The van der Waals surface area contributed by atoms with E-state index in [1.54, 1.807) is 32.1 Å². The number of hydrogen-bond acceptors (Lipinski definition) is 7. The van der Waals surface area contributed by atoms with Crippen LogP contribution in [0.25, 0.3) is 21.9 Å². The number of primary amides is 1. The molecule has 1 amide bonds. The number of alkyl halides is 3. The summed E-state index contributed by atoms with van der Waals surface area (Å²) in [6.07, 6.45) is 0.192. The highest BCUT2D eigenvalue weighted by atomic mass is 19.4. The summed E-state index contributed by atoms with van der Waals surface area (Å²) in [6, 6.07) is 19.2. The van der Waals surface area contributed by atoms with Crippen molar-refractivity contribution in [3.05, 3.63) is 88.7 Å². The predicted octanol–water partition coefficient (Wildman–Crippen LogP) is 7.44. The number of fused-ring (bicyclic) bond motifs is 1. The number of piperidine rings is 1. The molecule has 2 aliphatic rings. The topological polar surface area (TPSA) is 109 Å². The molecular formula is C41H48F4N4O5. The molecule has 0 aliphatic carbocycles. The van der Waals surface area contributed by atoms with Crippen LogP contribution in [0, 0.1) is 12.7 Å². The van der Waals surface area contributed by atoms with E-state index in [0.29, 0.717) is 30.8 Å². The highest BCUT2D eigenvalue weighted by Gasteiger charge is 2.32. The van der Waals surface area contributed by atoms with E-state index in [2.05, 4.69) is 29.2 Å². The quantitative estimate of drug-likeness (QED) is 0.152. The van der Waals surface area contributed by atoms with Crippen molar-refractivity contribution in [1.29, 1.82) is 0 Å². The Bertz CT molecular complexity index is 1920. The lowest BCUT2D eigenvalue weighted by atomic mass is 9.92. The highest BCUT2D eigenvalue weighted by molar-refractivity contribution is 6.01. The summed E-state index contributed by atoms with van der Waals surface area (Å²) >= 11 is 0. The second kappa shape index (κ2) is 18.0. The number of nitrogens with two attached hydrogens (primary N) is 1. The zero-order valence-corrected chi connectivity index (χ0v) is 31.0. The van der Waals surface area contributed by atoms with Crippen molar-refractivity contribution < 1.29 is 41.7 Å². The second-order valence-electron chi connectivity index (χ2n) is 13.7. The van der Waals surface area contributed by atoms with E-state index in [4.69, 9.17) is 20.3 Å². The number of ether oxygens (including phenoxy) is 2. The number of hydrogen-bond donors (Lipinski definition) is 2. The van der Waals surface area contributed by atoms with Gasteiger partial charge >= 0.3 is 12.1 Å². The predicted molar refractivity (Wildman–Crippen MR) is 202 cm³/mol. The number of piperazine rings is 1. The van der Waals surface area contributed by atoms with Crippen molar-refractivity contribution >= 4 is 28.3 Å². The standard InChI is InChI=1S/C27H31NO4.C14H17F4N3O/c1-31-24-14-12-20(18-28-16-4-3-5-17-28)27(32-2)26(24)23-11-7-9-21-19(13-15-25(29)30)8-6-10-22(21)23;1-9-6-10(7-11(15)12(9)13(19)22)21-4-2-20(3-5-21)8-14(16,17)18/h6-12,14H,3-5,13,15-18H2,1-2H3,(H,29,30);6-7H,2-5,8H2,1H3,(H2,19,22). The Balaban J connectivity index is 0.000000223. The van der Waals surface area contributed by atoms with Gasteiger partial charge in [0.05, 0.1) is 31.9 Å². The van der Waals surface area contributed by atoms with Gasteiger partial charge in [0.15, 0.2) is 0 Å². The fourth-order valence-corrected chi connectivity index (χ4v) is 7.44. The molecule has 2 aliphatic heterocycles. The first-order chi connectivity index (χ1) is 25.8. The van der Waals surface area contributed by atoms with Crippen LogP contribution in [0.3, 0.4) is 0 Å². The molecule has 9 nitrogen and oxygen atoms in total. The summed E-state index contributed by atoms with van der Waals surface area (Å²) in [5.74, 6) is -0.713. The van der Waals surface area contributed by atoms with Crippen LogP contribution in [-0.4, -0.2) is 93.0 Å². The first-order valence-corrected chi connectivity index (χ1v) is 18.1. The van der Waals surface area contributed by atoms with Gasteiger partial charge in [0.25, 0.3) is 5.91 Å². The average Bonchev–Trinajstić information content (AvgIpc) is 3.13. The molecule has 0 saturated carbocycles. The maximum atomic E-state index is 13.9. The number of carboxylic acid groups (broad SMARTS) is 1. The summed E-state index contributed by atoms with van der Waals surface area (Å²) in [5, 5.41) is 11.3. The number of benzene rings is 4. The second-order valence-corrected chi connectivity index (χ2v) is 13.7. The van der Waals surface area contributed by atoms with Crippen LogP contribution >= 0.6 is 0 Å². The van der Waals surface area contributed by atoms with Crippen LogP contribution in [-0.2, 0) is 17.8 Å². The van der Waals surface area contributed by atoms with Gasteiger partial charge in [-0.25, -0.2) is 4.39 Å². The number of methoxy groups -OCH3 is 2. The zero-order chi connectivity index (χ0) is 39.0. The molecule has 290 valence electrons. The number of aliphatic carboxylic acids is 1. The van der Waals surface area contributed by atoms with Crippen LogP contribution in [0.5, 0.6) is 11.5 Å². The van der Waals surface area contributed by atoms with Gasteiger partial charge in [0, 0.05) is 50.4 Å². The number of carbonyl (C=O) groups is 2. The number of amides is 1. The average molecular weight is 753 g/mol. The molecule has 0 bridgehead atoms. The Morgan fingerprint density at radius 2 is 1.52 bits per heavy atom. The summed E-state index contributed by atoms with van der Waals surface area (Å²) < 4.78 is 62.7. The van der Waals surface area contributed by atoms with Gasteiger partial charge in [-0.05, 0) is 84.9 Å². The molecule has 6 rings (SSSR count). The lowest BCUT2D eigenvalue weighted by molar-refractivity contribution is -0.146. The summed E-state index contributed by atoms with van der Waals surface area (Å²) in [7, 11) is 3.41. The van der Waals surface area contributed by atoms with Gasteiger partial charge < -0.3 is 25.2 Å². The Labute approximate surface area is 313 Å². The van der Waals surface area contributed by atoms with Gasteiger partial charge in [0.1, 0.15) is 17.3 Å². The van der Waals surface area contributed by atoms with Crippen LogP contribution in [0.1, 0.15) is 52.7 Å². The third-order valence-corrected chi connectivity index (χ3v) is 10.0. The fourth-order valence-electron chi connectivity index (χ4n) is 7.44. The van der Waals surface area contributed by atoms with Crippen molar-refractivity contribution in [2.75, 3.05) is 64.9 Å². The Morgan fingerprint density at radius 3 is 2.13 bits per heavy atom. The minimum absolute atomic E-state index is 0.112. The van der Waals surface area contributed by atoms with Crippen molar-refractivity contribution in [2.24, 2.45) is 5.73 Å². The molecule has 0 aromatic heterocycles. The van der Waals surface area contributed by atoms with E-state index >= 15 is 0 Å². The summed E-state index contributed by atoms with van der Waals surface area (Å²) in [4.78, 5) is 27.9. The summed E-state index contributed by atoms with van der Waals surface area (Å²) in [6.45, 7) is 4.96. The normalized spacial score (nSPS) is 15.4. The van der Waals surface area contributed by atoms with Crippen LogP contribution in [0.4, 0.5) is 23.2 Å². The van der Waals surface area contributed by atoms with Gasteiger partial charge in [0.2, 0.25) is 0 Å². The zero-order valence-electron chi connectivity index (χ0n) is 31.0. The number of aryl methyl sites for hydroxylation is 2. The van der Waals surface area contributed by atoms with E-state index in [9.17, 15) is 27.2 Å². The Morgan fingerprint density at radius 1 is 0.833 bits per heavy atom. The molecular weight excluding hydrogens is 704 g/mol. The molecule has 2 heterocycles. The van der Waals surface area contributed by atoms with E-state index in [1.165, 1.54) is 30.2 Å². The molecule has 54 heavy (non-hydrogen) atoms. The molecule has 2 fully saturated rings. The molecule has 4 aromatic rings. The lowest BCUT2D eigenvalue weighted by Gasteiger charge is -2.36. The van der Waals surface area contributed by atoms with Crippen molar-refractivity contribution in [3.63, 3.8) is 0 Å². The van der Waals surface area contributed by atoms with E-state index in [-0.39, 0.29) is 25.1 Å². The Kier molecular flexibility index (Phi) is 13.4. The third kappa shape index (κ3) is 10.00. The minimum Gasteiger partial charge on any atom is -0.496 e. The lowest BCUT2D eigenvalue weighted by Crippen LogP contribution is -2.49. The Hall–Kier alpha value is -4.88. The number of carboxylic acids is 1. The largest absolute Gasteiger partial charge is 0.496 e. The number of rotatable bonds is 11. The van der Waals surface area contributed by atoms with Crippen LogP contribution in [0.15, 0.2) is 60.7 Å². The van der Waals surface area contributed by atoms with Gasteiger partial charge in [-0.1, -0.05) is 48.9 Å². The van der Waals surface area contributed by atoms with Crippen molar-refractivity contribution in [1.82, 2.24) is 9.80 Å². The van der Waals surface area contributed by atoms with Crippen LogP contribution < -0.4 is 20.1 Å². The molecule has 0 radical (unpaired) electrons. The monoisotopic (exact) mass is 752 g/mol. The molecule has 0 atom stereocenters. The number of halogens is 4.